The SMILES string of the molecule is O=C(O)[C@H](Cc1ccccc1)N(Cc1sccc1-c1ccc(Cl)c(F)c1)C(=O)c1ccc(Cl)cc1Cl. The molecule has 1 heterocycles. The number of nitrogens with zero attached hydrogens (tertiary/aromatic N) is 1. The van der Waals surface area contributed by atoms with E-state index in [4.69, 9.17) is 34.8 Å². The number of carbonyl (C=O) groups excluding carboxylic acids is 1. The van der Waals surface area contributed by atoms with Crippen molar-refractivity contribution in [2.75, 3.05) is 0 Å². The Hall–Kier alpha value is -2.90. The quantitative estimate of drug-likeness (QED) is 0.238. The second-order valence-corrected chi connectivity index (χ2v) is 10.2. The number of amides is 1. The molecular formula is C27H19Cl3FNO3S. The maximum atomic E-state index is 14.2. The van der Waals surface area contributed by atoms with Crippen molar-refractivity contribution < 1.29 is 19.1 Å². The van der Waals surface area contributed by atoms with Gasteiger partial charge < -0.3 is 10.0 Å². The van der Waals surface area contributed by atoms with E-state index in [0.29, 0.717) is 21.0 Å². The average Bonchev–Trinajstić information content (AvgIpc) is 3.31. The summed E-state index contributed by atoms with van der Waals surface area (Å²) < 4.78 is 14.2. The fraction of sp³-hybridized carbons (Fsp3) is 0.111. The number of aliphatic carboxylic acids is 1. The summed E-state index contributed by atoms with van der Waals surface area (Å²) >= 11 is 19.5. The van der Waals surface area contributed by atoms with E-state index in [2.05, 4.69) is 0 Å². The summed E-state index contributed by atoms with van der Waals surface area (Å²) in [5, 5.41) is 12.5. The van der Waals surface area contributed by atoms with E-state index >= 15 is 0 Å². The molecule has 36 heavy (non-hydrogen) atoms. The minimum absolute atomic E-state index is 0.00137. The molecule has 0 unspecified atom stereocenters. The highest BCUT2D eigenvalue weighted by atomic mass is 35.5. The van der Waals surface area contributed by atoms with Gasteiger partial charge in [-0.1, -0.05) is 71.2 Å². The van der Waals surface area contributed by atoms with Crippen LogP contribution in [0.1, 0.15) is 20.8 Å². The predicted octanol–water partition coefficient (Wildman–Crippen LogP) is 7.85. The second-order valence-electron chi connectivity index (χ2n) is 7.99. The molecule has 0 aliphatic carbocycles. The van der Waals surface area contributed by atoms with Crippen LogP contribution < -0.4 is 0 Å². The minimum Gasteiger partial charge on any atom is -0.480 e. The smallest absolute Gasteiger partial charge is 0.326 e. The first kappa shape index (κ1) is 26.2. The zero-order valence-electron chi connectivity index (χ0n) is 18.6. The van der Waals surface area contributed by atoms with Crippen molar-refractivity contribution in [3.8, 4) is 11.1 Å². The fourth-order valence-electron chi connectivity index (χ4n) is 3.85. The van der Waals surface area contributed by atoms with Gasteiger partial charge in [-0.05, 0) is 58.5 Å². The highest BCUT2D eigenvalue weighted by Gasteiger charge is 2.32. The normalized spacial score (nSPS) is 11.8. The van der Waals surface area contributed by atoms with Crippen LogP contribution in [0.5, 0.6) is 0 Å². The number of thiophene rings is 1. The number of carbonyl (C=O) groups is 2. The molecule has 9 heteroatoms. The van der Waals surface area contributed by atoms with E-state index in [-0.39, 0.29) is 28.6 Å². The number of rotatable bonds is 8. The molecule has 0 saturated heterocycles. The third-order valence-electron chi connectivity index (χ3n) is 5.65. The van der Waals surface area contributed by atoms with Crippen molar-refractivity contribution in [2.24, 2.45) is 0 Å². The standard InChI is InChI=1S/C27H19Cl3FNO3S/c28-18-7-8-20(22(30)14-18)26(33)32(24(27(34)35)12-16-4-2-1-3-5-16)15-25-19(10-11-36-25)17-6-9-21(29)23(31)13-17/h1-11,13-14,24H,12,15H2,(H,34,35)/t24-/m0/s1. The van der Waals surface area contributed by atoms with Gasteiger partial charge in [-0.3, -0.25) is 4.79 Å². The Morgan fingerprint density at radius 3 is 2.36 bits per heavy atom. The third kappa shape index (κ3) is 5.90. The van der Waals surface area contributed by atoms with Crippen LogP contribution in [0.2, 0.25) is 15.1 Å². The average molecular weight is 563 g/mol. The Kier molecular flexibility index (Phi) is 8.32. The second kappa shape index (κ2) is 11.4. The van der Waals surface area contributed by atoms with Gasteiger partial charge in [0, 0.05) is 16.3 Å². The van der Waals surface area contributed by atoms with E-state index in [1.165, 1.54) is 46.6 Å². The lowest BCUT2D eigenvalue weighted by Crippen LogP contribution is -2.46. The number of halogens is 4. The Bertz CT molecular complexity index is 1410. The maximum Gasteiger partial charge on any atom is 0.326 e. The van der Waals surface area contributed by atoms with Crippen LogP contribution in [-0.4, -0.2) is 27.9 Å². The van der Waals surface area contributed by atoms with Gasteiger partial charge in [0.05, 0.1) is 22.2 Å². The van der Waals surface area contributed by atoms with Gasteiger partial charge in [-0.2, -0.15) is 0 Å². The summed E-state index contributed by atoms with van der Waals surface area (Å²) in [5.41, 5.74) is 2.14. The summed E-state index contributed by atoms with van der Waals surface area (Å²) in [4.78, 5) is 28.2. The highest BCUT2D eigenvalue weighted by molar-refractivity contribution is 7.10. The molecule has 0 spiro atoms. The zero-order chi connectivity index (χ0) is 25.8. The van der Waals surface area contributed by atoms with Crippen LogP contribution in [-0.2, 0) is 17.8 Å². The van der Waals surface area contributed by atoms with Gasteiger partial charge in [0.25, 0.3) is 5.91 Å². The Labute approximate surface area is 226 Å². The first-order valence-corrected chi connectivity index (χ1v) is 12.8. The van der Waals surface area contributed by atoms with Crippen molar-refractivity contribution in [3.05, 3.63) is 115 Å². The Morgan fingerprint density at radius 2 is 1.69 bits per heavy atom. The van der Waals surface area contributed by atoms with E-state index in [0.717, 1.165) is 5.56 Å². The van der Waals surface area contributed by atoms with Gasteiger partial charge in [-0.25, -0.2) is 9.18 Å². The molecule has 0 aliphatic heterocycles. The van der Waals surface area contributed by atoms with Gasteiger partial charge in [0.2, 0.25) is 0 Å². The summed E-state index contributed by atoms with van der Waals surface area (Å²) in [5.74, 6) is -2.28. The molecule has 0 fully saturated rings. The lowest BCUT2D eigenvalue weighted by molar-refractivity contribution is -0.142. The Balaban J connectivity index is 1.77. The summed E-state index contributed by atoms with van der Waals surface area (Å²) in [7, 11) is 0. The lowest BCUT2D eigenvalue weighted by atomic mass is 10.0. The molecule has 0 aliphatic rings. The molecule has 4 aromatic rings. The predicted molar refractivity (Wildman–Crippen MR) is 143 cm³/mol. The van der Waals surface area contributed by atoms with Crippen LogP contribution in [0.25, 0.3) is 11.1 Å². The first-order chi connectivity index (χ1) is 17.2. The van der Waals surface area contributed by atoms with Crippen molar-refractivity contribution >= 4 is 58.0 Å². The molecule has 1 aromatic heterocycles. The molecule has 4 nitrogen and oxygen atoms in total. The van der Waals surface area contributed by atoms with Gasteiger partial charge >= 0.3 is 5.97 Å². The number of carboxylic acids is 1. The molecule has 0 saturated carbocycles. The van der Waals surface area contributed by atoms with E-state index in [1.54, 1.807) is 24.3 Å². The molecule has 184 valence electrons. The summed E-state index contributed by atoms with van der Waals surface area (Å²) in [6, 6.07) is 18.6. The summed E-state index contributed by atoms with van der Waals surface area (Å²) in [6.07, 6.45) is 0.0867. The third-order valence-corrected chi connectivity index (χ3v) is 7.41. The van der Waals surface area contributed by atoms with Crippen molar-refractivity contribution in [3.63, 3.8) is 0 Å². The van der Waals surface area contributed by atoms with Crippen LogP contribution in [0, 0.1) is 5.82 Å². The molecule has 1 atom stereocenters. The first-order valence-electron chi connectivity index (χ1n) is 10.8. The fourth-order valence-corrected chi connectivity index (χ4v) is 5.35. The van der Waals surface area contributed by atoms with E-state index in [1.807, 2.05) is 23.6 Å². The highest BCUT2D eigenvalue weighted by Crippen LogP contribution is 2.33. The molecular weight excluding hydrogens is 544 g/mol. The zero-order valence-corrected chi connectivity index (χ0v) is 21.7. The van der Waals surface area contributed by atoms with Crippen molar-refractivity contribution in [1.82, 2.24) is 4.90 Å². The molecule has 0 bridgehead atoms. The van der Waals surface area contributed by atoms with Gasteiger partial charge in [-0.15, -0.1) is 11.3 Å². The maximum absolute atomic E-state index is 14.2. The number of hydrogen-bond donors (Lipinski definition) is 1. The van der Waals surface area contributed by atoms with Gasteiger partial charge in [0.15, 0.2) is 0 Å². The van der Waals surface area contributed by atoms with Crippen LogP contribution in [0.15, 0.2) is 78.2 Å². The number of hydrogen-bond acceptors (Lipinski definition) is 3. The molecule has 0 radical (unpaired) electrons. The largest absolute Gasteiger partial charge is 0.480 e. The number of carboxylic acid groups (broad SMARTS) is 1. The van der Waals surface area contributed by atoms with Crippen LogP contribution >= 0.6 is 46.1 Å². The van der Waals surface area contributed by atoms with Crippen LogP contribution in [0.4, 0.5) is 4.39 Å². The minimum atomic E-state index is -1.19. The topological polar surface area (TPSA) is 57.6 Å². The summed E-state index contributed by atoms with van der Waals surface area (Å²) in [6.45, 7) is -0.0289. The van der Waals surface area contributed by atoms with Crippen LogP contribution in [0.3, 0.4) is 0 Å². The van der Waals surface area contributed by atoms with Crippen molar-refractivity contribution in [2.45, 2.75) is 19.0 Å². The van der Waals surface area contributed by atoms with E-state index < -0.39 is 23.7 Å². The molecule has 1 amide bonds. The molecule has 4 rings (SSSR count). The van der Waals surface area contributed by atoms with Crippen molar-refractivity contribution in [1.29, 1.82) is 0 Å². The Morgan fingerprint density at radius 1 is 0.944 bits per heavy atom. The lowest BCUT2D eigenvalue weighted by Gasteiger charge is -2.30. The monoisotopic (exact) mass is 561 g/mol. The molecule has 1 N–H and O–H groups in total. The van der Waals surface area contributed by atoms with Gasteiger partial charge in [0.1, 0.15) is 11.9 Å². The van der Waals surface area contributed by atoms with E-state index in [9.17, 15) is 19.1 Å². The molecule has 3 aromatic carbocycles. The number of benzene rings is 3.